The highest BCUT2D eigenvalue weighted by molar-refractivity contribution is 6.62. The van der Waals surface area contributed by atoms with E-state index in [-0.39, 0.29) is 41.9 Å². The van der Waals surface area contributed by atoms with Crippen LogP contribution in [0.3, 0.4) is 0 Å². The van der Waals surface area contributed by atoms with Crippen LogP contribution in [0.2, 0.25) is 0 Å². The van der Waals surface area contributed by atoms with Crippen LogP contribution in [0.5, 0.6) is 0 Å². The summed E-state index contributed by atoms with van der Waals surface area (Å²) in [5.74, 6) is -1.32. The Labute approximate surface area is 206 Å². The molecule has 2 aromatic heterocycles. The van der Waals surface area contributed by atoms with E-state index >= 15 is 0 Å². The number of carboxylic acids is 1. The summed E-state index contributed by atoms with van der Waals surface area (Å²) in [6, 6.07) is 6.74. The van der Waals surface area contributed by atoms with Crippen molar-refractivity contribution in [1.82, 2.24) is 20.6 Å². The molecule has 0 bridgehead atoms. The van der Waals surface area contributed by atoms with Gasteiger partial charge in [0.2, 0.25) is 23.0 Å². The third kappa shape index (κ3) is 22.5. The van der Waals surface area contributed by atoms with Gasteiger partial charge in [-0.05, 0) is 35.9 Å². The van der Waals surface area contributed by atoms with Crippen molar-refractivity contribution >= 4 is 63.5 Å². The van der Waals surface area contributed by atoms with Crippen LogP contribution >= 0.6 is 11.6 Å². The van der Waals surface area contributed by atoms with E-state index in [2.05, 4.69) is 37.5 Å². The van der Waals surface area contributed by atoms with Gasteiger partial charge >= 0.3 is 5.97 Å². The summed E-state index contributed by atoms with van der Waals surface area (Å²) in [4.78, 5) is 58.2. The number of carbonyl (C=O) groups excluding carboxylic acids is 4. The SMILES string of the molecule is CC(=O)Cl.CC(=O)NCC(=O)Nc1cccnc1N.CC(=O)NCC(=O)O.Nc1cccnc1N. The minimum atomic E-state index is -1.03. The summed E-state index contributed by atoms with van der Waals surface area (Å²) in [5.41, 5.74) is 17.1. The summed E-state index contributed by atoms with van der Waals surface area (Å²) in [6.07, 6.45) is 3.13. The third-order valence-electron chi connectivity index (χ3n) is 2.97. The molecule has 0 aliphatic carbocycles. The third-order valence-corrected chi connectivity index (χ3v) is 2.97. The molecule has 2 rings (SSSR count). The number of carboxylic acid groups (broad SMARTS) is 1. The maximum absolute atomic E-state index is 11.3. The van der Waals surface area contributed by atoms with E-state index in [0.717, 1.165) is 0 Å². The molecule has 0 atom stereocenters. The molecule has 0 unspecified atom stereocenters. The van der Waals surface area contributed by atoms with Gasteiger partial charge in [0.25, 0.3) is 0 Å². The maximum atomic E-state index is 11.3. The number of halogens is 1. The predicted molar refractivity (Wildman–Crippen MR) is 132 cm³/mol. The number of nitrogens with one attached hydrogen (secondary N) is 3. The fourth-order valence-electron chi connectivity index (χ4n) is 1.55. The average Bonchev–Trinajstić information content (AvgIpc) is 2.75. The first kappa shape index (κ1) is 32.7. The van der Waals surface area contributed by atoms with Crippen molar-refractivity contribution in [3.63, 3.8) is 0 Å². The number of nitrogen functional groups attached to an aromatic ring is 3. The normalized spacial score (nSPS) is 8.69. The summed E-state index contributed by atoms with van der Waals surface area (Å²) in [6.45, 7) is 3.52. The number of amides is 3. The Morgan fingerprint density at radius 1 is 0.857 bits per heavy atom. The summed E-state index contributed by atoms with van der Waals surface area (Å²) in [5, 5.41) is 14.6. The summed E-state index contributed by atoms with van der Waals surface area (Å²) >= 11 is 4.64. The van der Waals surface area contributed by atoms with Crippen LogP contribution < -0.4 is 33.2 Å². The lowest BCUT2D eigenvalue weighted by atomic mass is 10.4. The van der Waals surface area contributed by atoms with E-state index in [1.165, 1.54) is 27.0 Å². The van der Waals surface area contributed by atoms with Crippen LogP contribution in [0.1, 0.15) is 20.8 Å². The zero-order valence-corrected chi connectivity index (χ0v) is 20.1. The smallest absolute Gasteiger partial charge is 0.322 e. The maximum Gasteiger partial charge on any atom is 0.322 e. The molecule has 0 aromatic carbocycles. The topological polar surface area (TPSA) is 246 Å². The molecule has 0 radical (unpaired) electrons. The molecule has 0 aliphatic heterocycles. The van der Waals surface area contributed by atoms with Crippen LogP contribution in [0.4, 0.5) is 23.0 Å². The molecule has 2 aromatic rings. The van der Waals surface area contributed by atoms with Gasteiger partial charge in [0, 0.05) is 33.2 Å². The standard InChI is InChI=1S/C9H12N4O2.C5H7N3.C4H7NO3.C2H3ClO/c1-6(14)12-5-8(15)13-7-3-2-4-11-9(7)10;6-4-2-1-3-8-5(4)7;1-3(6)5-2-4(7)8;1-2(3)4/h2-4H,5H2,1H3,(H2,10,11)(H,12,14)(H,13,15);1-3H,6H2,(H2,7,8);2H2,1H3,(H,5,6)(H,7,8);1H3. The Bertz CT molecular complexity index is 951. The predicted octanol–water partition coefficient (Wildman–Crippen LogP) is -0.0368. The van der Waals surface area contributed by atoms with E-state index in [1.807, 2.05) is 0 Å². The minimum Gasteiger partial charge on any atom is -0.480 e. The molecule has 0 saturated carbocycles. The highest BCUT2D eigenvalue weighted by atomic mass is 35.5. The number of nitrogens with zero attached hydrogens (tertiary/aromatic N) is 2. The van der Waals surface area contributed by atoms with Gasteiger partial charge in [-0.15, -0.1) is 0 Å². The molecular formula is C20H29ClN8O6. The van der Waals surface area contributed by atoms with E-state index in [9.17, 15) is 24.0 Å². The molecule has 0 spiro atoms. The Hall–Kier alpha value is -4.46. The lowest BCUT2D eigenvalue weighted by Crippen LogP contribution is -2.31. The number of hydrogen-bond acceptors (Lipinski definition) is 10. The summed E-state index contributed by atoms with van der Waals surface area (Å²) < 4.78 is 0. The van der Waals surface area contributed by atoms with E-state index in [0.29, 0.717) is 17.2 Å². The molecule has 15 heteroatoms. The van der Waals surface area contributed by atoms with Crippen LogP contribution in [0, 0.1) is 0 Å². The highest BCUT2D eigenvalue weighted by Crippen LogP contribution is 2.12. The molecule has 2 heterocycles. The second kappa shape index (κ2) is 19.0. The zero-order valence-electron chi connectivity index (χ0n) is 19.4. The van der Waals surface area contributed by atoms with Crippen LogP contribution in [-0.2, 0) is 24.0 Å². The van der Waals surface area contributed by atoms with Gasteiger partial charge in [0.1, 0.15) is 18.2 Å². The Balaban J connectivity index is 0. The first-order valence-corrected chi connectivity index (χ1v) is 9.97. The number of rotatable bonds is 5. The van der Waals surface area contributed by atoms with Crippen molar-refractivity contribution in [3.8, 4) is 0 Å². The first-order chi connectivity index (χ1) is 16.3. The van der Waals surface area contributed by atoms with Crippen molar-refractivity contribution in [3.05, 3.63) is 36.7 Å². The number of anilines is 4. The van der Waals surface area contributed by atoms with Crippen molar-refractivity contribution < 1.29 is 29.1 Å². The molecule has 0 fully saturated rings. The molecule has 0 aliphatic rings. The van der Waals surface area contributed by atoms with Crippen molar-refractivity contribution in [1.29, 1.82) is 0 Å². The van der Waals surface area contributed by atoms with E-state index in [4.69, 9.17) is 22.3 Å². The molecule has 192 valence electrons. The molecule has 10 N–H and O–H groups in total. The highest BCUT2D eigenvalue weighted by Gasteiger charge is 2.05. The monoisotopic (exact) mass is 512 g/mol. The van der Waals surface area contributed by atoms with Crippen molar-refractivity contribution in [2.45, 2.75) is 20.8 Å². The molecule has 3 amide bonds. The van der Waals surface area contributed by atoms with Gasteiger partial charge in [-0.2, -0.15) is 0 Å². The minimum absolute atomic E-state index is 0.0797. The van der Waals surface area contributed by atoms with Crippen LogP contribution in [-0.4, -0.2) is 57.1 Å². The second-order valence-electron chi connectivity index (χ2n) is 6.15. The largest absolute Gasteiger partial charge is 0.480 e. The lowest BCUT2D eigenvalue weighted by Gasteiger charge is -2.06. The molecular weight excluding hydrogens is 484 g/mol. The second-order valence-corrected chi connectivity index (χ2v) is 6.68. The number of carbonyl (C=O) groups is 5. The van der Waals surface area contributed by atoms with Crippen LogP contribution in [0.15, 0.2) is 36.7 Å². The van der Waals surface area contributed by atoms with Gasteiger partial charge in [-0.25, -0.2) is 9.97 Å². The fourth-order valence-corrected chi connectivity index (χ4v) is 1.55. The van der Waals surface area contributed by atoms with Gasteiger partial charge in [0.05, 0.1) is 17.9 Å². The quantitative estimate of drug-likeness (QED) is 0.262. The Kier molecular flexibility index (Phi) is 17.8. The first-order valence-electron chi connectivity index (χ1n) is 9.59. The van der Waals surface area contributed by atoms with E-state index in [1.54, 1.807) is 30.5 Å². The van der Waals surface area contributed by atoms with Gasteiger partial charge < -0.3 is 38.3 Å². The summed E-state index contributed by atoms with van der Waals surface area (Å²) in [7, 11) is 0. The molecule has 0 saturated heterocycles. The van der Waals surface area contributed by atoms with Gasteiger partial charge in [-0.1, -0.05) is 0 Å². The number of aliphatic carboxylic acids is 1. The van der Waals surface area contributed by atoms with Crippen molar-refractivity contribution in [2.24, 2.45) is 0 Å². The average molecular weight is 513 g/mol. The number of aromatic nitrogens is 2. The number of nitrogens with two attached hydrogens (primary N) is 3. The fraction of sp³-hybridized carbons (Fsp3) is 0.250. The number of hydrogen-bond donors (Lipinski definition) is 7. The number of pyridine rings is 2. The Morgan fingerprint density at radius 3 is 1.66 bits per heavy atom. The molecule has 35 heavy (non-hydrogen) atoms. The van der Waals surface area contributed by atoms with Gasteiger partial charge in [-0.3, -0.25) is 24.0 Å². The zero-order chi connectivity index (χ0) is 27.4. The lowest BCUT2D eigenvalue weighted by molar-refractivity contribution is -0.137. The Morgan fingerprint density at radius 2 is 1.31 bits per heavy atom. The van der Waals surface area contributed by atoms with Crippen molar-refractivity contribution in [2.75, 3.05) is 35.6 Å². The van der Waals surface area contributed by atoms with E-state index < -0.39 is 5.97 Å². The van der Waals surface area contributed by atoms with Gasteiger partial charge in [0.15, 0.2) is 0 Å². The van der Waals surface area contributed by atoms with Crippen LogP contribution in [0.25, 0.3) is 0 Å². The molecule has 14 nitrogen and oxygen atoms in total.